The first-order valence-corrected chi connectivity index (χ1v) is 13.8. The molecule has 2 N–H and O–H groups in total. The molecule has 10 nitrogen and oxygen atoms in total. The zero-order valence-electron chi connectivity index (χ0n) is 20.8. The van der Waals surface area contributed by atoms with Crippen LogP contribution in [0.1, 0.15) is 41.3 Å². The smallest absolute Gasteiger partial charge is 0.253 e. The van der Waals surface area contributed by atoms with Crippen molar-refractivity contribution in [3.8, 4) is 0 Å². The van der Waals surface area contributed by atoms with Crippen LogP contribution in [0.4, 0.5) is 11.5 Å². The van der Waals surface area contributed by atoms with Crippen molar-refractivity contribution in [1.29, 1.82) is 0 Å². The van der Waals surface area contributed by atoms with Gasteiger partial charge in [-0.15, -0.1) is 10.2 Å². The fraction of sp³-hybridized carbons (Fsp3) is 0.320. The van der Waals surface area contributed by atoms with Crippen LogP contribution < -0.4 is 15.5 Å². The summed E-state index contributed by atoms with van der Waals surface area (Å²) in [5, 5.41) is 13.4. The Balaban J connectivity index is 1.72. The number of aromatic nitrogens is 3. The molecule has 0 aliphatic carbocycles. The van der Waals surface area contributed by atoms with E-state index in [1.807, 2.05) is 29.2 Å². The van der Waals surface area contributed by atoms with Crippen molar-refractivity contribution in [2.45, 2.75) is 30.2 Å². The minimum atomic E-state index is -3.48. The van der Waals surface area contributed by atoms with Gasteiger partial charge in [-0.3, -0.25) is 9.59 Å². The van der Waals surface area contributed by atoms with E-state index in [0.29, 0.717) is 5.82 Å². The Kier molecular flexibility index (Phi) is 7.20. The summed E-state index contributed by atoms with van der Waals surface area (Å²) in [6.45, 7) is 4.66. The lowest BCUT2D eigenvalue weighted by molar-refractivity contribution is -0.122. The van der Waals surface area contributed by atoms with Crippen molar-refractivity contribution in [3.63, 3.8) is 0 Å². The van der Waals surface area contributed by atoms with Crippen molar-refractivity contribution in [2.24, 2.45) is 0 Å². The lowest BCUT2D eigenvalue weighted by Crippen LogP contribution is -2.66. The molecule has 1 saturated heterocycles. The van der Waals surface area contributed by atoms with Crippen molar-refractivity contribution < 1.29 is 18.0 Å². The molecule has 0 radical (unpaired) electrons. The predicted octanol–water partition coefficient (Wildman–Crippen LogP) is 2.81. The molecule has 0 atom stereocenters. The van der Waals surface area contributed by atoms with Crippen molar-refractivity contribution >= 4 is 44.8 Å². The first-order valence-electron chi connectivity index (χ1n) is 11.5. The van der Waals surface area contributed by atoms with Crippen LogP contribution in [0.3, 0.4) is 0 Å². The average molecular weight is 543 g/mol. The van der Waals surface area contributed by atoms with Gasteiger partial charge in [0, 0.05) is 26.4 Å². The van der Waals surface area contributed by atoms with Crippen LogP contribution in [0.25, 0.3) is 0 Å². The van der Waals surface area contributed by atoms with E-state index in [1.165, 1.54) is 25.4 Å². The van der Waals surface area contributed by atoms with E-state index >= 15 is 0 Å². The van der Waals surface area contributed by atoms with E-state index in [0.717, 1.165) is 17.4 Å². The number of rotatable bonds is 7. The molecular weight excluding hydrogens is 516 g/mol. The third-order valence-electron chi connectivity index (χ3n) is 6.37. The Bertz CT molecular complexity index is 1450. The Morgan fingerprint density at radius 3 is 2.41 bits per heavy atom. The van der Waals surface area contributed by atoms with Crippen LogP contribution in [0.15, 0.2) is 53.7 Å². The van der Waals surface area contributed by atoms with Gasteiger partial charge in [-0.25, -0.2) is 13.4 Å². The fourth-order valence-electron chi connectivity index (χ4n) is 4.41. The van der Waals surface area contributed by atoms with E-state index in [1.54, 1.807) is 6.07 Å². The molecule has 1 fully saturated rings. The van der Waals surface area contributed by atoms with Crippen LogP contribution in [0, 0.1) is 0 Å². The molecule has 0 spiro atoms. The van der Waals surface area contributed by atoms with Crippen LogP contribution in [-0.2, 0) is 20.0 Å². The number of hydrogen-bond acceptors (Lipinski definition) is 8. The van der Waals surface area contributed by atoms with Crippen molar-refractivity contribution in [3.05, 3.63) is 70.5 Å². The summed E-state index contributed by atoms with van der Waals surface area (Å²) < 4.78 is 23.5. The quantitative estimate of drug-likeness (QED) is 0.435. The molecule has 0 saturated carbocycles. The van der Waals surface area contributed by atoms with Gasteiger partial charge in [-0.05, 0) is 35.2 Å². The minimum Gasteiger partial charge on any atom is -0.355 e. The summed E-state index contributed by atoms with van der Waals surface area (Å²) in [5.74, 6) is -0.112. The topological polar surface area (TPSA) is 134 Å². The van der Waals surface area contributed by atoms with Gasteiger partial charge in [0.2, 0.25) is 5.91 Å². The Labute approximate surface area is 220 Å². The maximum atomic E-state index is 14.0. The van der Waals surface area contributed by atoms with Crippen LogP contribution in [0.2, 0.25) is 5.15 Å². The van der Waals surface area contributed by atoms with E-state index in [4.69, 9.17) is 11.6 Å². The zero-order valence-corrected chi connectivity index (χ0v) is 22.4. The highest BCUT2D eigenvalue weighted by Gasteiger charge is 2.52. The lowest BCUT2D eigenvalue weighted by Gasteiger charge is -2.50. The summed E-state index contributed by atoms with van der Waals surface area (Å²) in [6, 6.07) is 12.1. The SMILES string of the molecule is CNC(=O)c1cc(Cl)ncc1NC(=O)C1(c2ccccc2C(C)C)CN(c2ccc(S(C)(=O)=O)nn2)C1. The molecule has 4 rings (SSSR count). The number of benzene rings is 1. The molecule has 2 aromatic heterocycles. The van der Waals surface area contributed by atoms with E-state index in [9.17, 15) is 18.0 Å². The summed E-state index contributed by atoms with van der Waals surface area (Å²) in [5.41, 5.74) is 1.35. The first-order chi connectivity index (χ1) is 17.5. The van der Waals surface area contributed by atoms with Gasteiger partial charge in [-0.1, -0.05) is 49.7 Å². The third kappa shape index (κ3) is 5.14. The third-order valence-corrected chi connectivity index (χ3v) is 7.56. The summed E-state index contributed by atoms with van der Waals surface area (Å²) in [7, 11) is -2.00. The second kappa shape index (κ2) is 10.1. The Hall–Kier alpha value is -3.57. The number of pyridine rings is 1. The lowest BCUT2D eigenvalue weighted by atomic mass is 9.69. The molecular formula is C25H27ClN6O4S. The minimum absolute atomic E-state index is 0.122. The normalized spacial score (nSPS) is 14.7. The van der Waals surface area contributed by atoms with Gasteiger partial charge in [0.25, 0.3) is 5.91 Å². The molecule has 1 aliphatic heterocycles. The number of hydrogen-bond donors (Lipinski definition) is 2. The van der Waals surface area contributed by atoms with Gasteiger partial charge < -0.3 is 15.5 Å². The predicted molar refractivity (Wildman–Crippen MR) is 141 cm³/mol. The number of nitrogens with one attached hydrogen (secondary N) is 2. The molecule has 3 aromatic rings. The van der Waals surface area contributed by atoms with E-state index < -0.39 is 21.2 Å². The van der Waals surface area contributed by atoms with Crippen LogP contribution >= 0.6 is 11.6 Å². The summed E-state index contributed by atoms with van der Waals surface area (Å²) >= 11 is 6.00. The maximum absolute atomic E-state index is 14.0. The molecule has 12 heteroatoms. The Morgan fingerprint density at radius 2 is 1.81 bits per heavy atom. The molecule has 1 aliphatic rings. The standard InChI is InChI=1S/C25H27ClN6O4S/c1-15(2)16-7-5-6-8-18(16)25(13-32(14-25)21-9-10-22(31-30-21)37(4,35)36)24(34)29-19-12-28-20(26)11-17(19)23(33)27-3/h5-12,15H,13-14H2,1-4H3,(H,27,33)(H,29,34). The van der Waals surface area contributed by atoms with Gasteiger partial charge in [0.05, 0.1) is 17.4 Å². The van der Waals surface area contributed by atoms with Crippen molar-refractivity contribution in [1.82, 2.24) is 20.5 Å². The molecule has 37 heavy (non-hydrogen) atoms. The van der Waals surface area contributed by atoms with Gasteiger partial charge >= 0.3 is 0 Å². The second-order valence-electron chi connectivity index (χ2n) is 9.27. The average Bonchev–Trinajstić information content (AvgIpc) is 2.84. The number of carbonyl (C=O) groups excluding carboxylic acids is 2. The number of nitrogens with zero attached hydrogens (tertiary/aromatic N) is 4. The maximum Gasteiger partial charge on any atom is 0.253 e. The molecule has 194 valence electrons. The van der Waals surface area contributed by atoms with E-state index in [-0.39, 0.29) is 46.3 Å². The second-order valence-corrected chi connectivity index (χ2v) is 11.6. The van der Waals surface area contributed by atoms with Crippen LogP contribution in [0.5, 0.6) is 0 Å². The number of sulfone groups is 1. The summed E-state index contributed by atoms with van der Waals surface area (Å²) in [4.78, 5) is 32.3. The molecule has 1 aromatic carbocycles. The van der Waals surface area contributed by atoms with Gasteiger partial charge in [0.15, 0.2) is 20.7 Å². The highest BCUT2D eigenvalue weighted by molar-refractivity contribution is 7.90. The Morgan fingerprint density at radius 1 is 1.11 bits per heavy atom. The highest BCUT2D eigenvalue weighted by atomic mass is 35.5. The molecule has 3 heterocycles. The number of amides is 2. The molecule has 2 amide bonds. The largest absolute Gasteiger partial charge is 0.355 e. The summed E-state index contributed by atoms with van der Waals surface area (Å²) in [6.07, 6.45) is 2.43. The van der Waals surface area contributed by atoms with E-state index in [2.05, 4.69) is 39.7 Å². The first kappa shape index (κ1) is 26.5. The molecule has 0 bridgehead atoms. The van der Waals surface area contributed by atoms with Gasteiger partial charge in [-0.2, -0.15) is 0 Å². The highest BCUT2D eigenvalue weighted by Crippen LogP contribution is 2.41. The van der Waals surface area contributed by atoms with Crippen molar-refractivity contribution in [2.75, 3.05) is 36.6 Å². The number of carbonyl (C=O) groups is 2. The number of halogens is 1. The fourth-order valence-corrected chi connectivity index (χ4v) is 5.08. The number of anilines is 2. The zero-order chi connectivity index (χ0) is 27.0. The molecule has 0 unspecified atom stereocenters. The monoisotopic (exact) mass is 542 g/mol. The van der Waals surface area contributed by atoms with Gasteiger partial charge in [0.1, 0.15) is 10.6 Å². The van der Waals surface area contributed by atoms with Crippen LogP contribution in [-0.4, -0.2) is 61.8 Å².